The normalized spacial score (nSPS) is 17.6. The van der Waals surface area contributed by atoms with Gasteiger partial charge in [-0.15, -0.1) is 0 Å². The van der Waals surface area contributed by atoms with Crippen molar-refractivity contribution in [3.63, 3.8) is 0 Å². The lowest BCUT2D eigenvalue weighted by molar-refractivity contribution is -0.132. The van der Waals surface area contributed by atoms with E-state index < -0.39 is 0 Å². The fraction of sp³-hybridized carbons (Fsp3) is 0.500. The third-order valence-electron chi connectivity index (χ3n) is 3.85. The van der Waals surface area contributed by atoms with Crippen LogP contribution in [0.5, 0.6) is 0 Å². The van der Waals surface area contributed by atoms with Crippen molar-refractivity contribution in [2.75, 3.05) is 26.2 Å². The number of aryl methyl sites for hydroxylation is 1. The van der Waals surface area contributed by atoms with E-state index in [0.717, 1.165) is 31.7 Å². The Labute approximate surface area is 120 Å². The van der Waals surface area contributed by atoms with Crippen LogP contribution in [0.25, 0.3) is 0 Å². The van der Waals surface area contributed by atoms with E-state index in [1.807, 2.05) is 43.0 Å². The van der Waals surface area contributed by atoms with Crippen LogP contribution >= 0.6 is 0 Å². The maximum atomic E-state index is 11.7. The molecule has 0 saturated carbocycles. The first-order valence-electron chi connectivity index (χ1n) is 7.13. The predicted molar refractivity (Wildman–Crippen MR) is 78.0 cm³/mol. The van der Waals surface area contributed by atoms with E-state index in [1.54, 1.807) is 0 Å². The third kappa shape index (κ3) is 3.17. The highest BCUT2D eigenvalue weighted by atomic mass is 16.2. The van der Waals surface area contributed by atoms with E-state index in [1.165, 1.54) is 5.56 Å². The number of benzene rings is 1. The van der Waals surface area contributed by atoms with Crippen molar-refractivity contribution in [1.82, 2.24) is 9.80 Å². The zero-order chi connectivity index (χ0) is 14.5. The average molecular weight is 271 g/mol. The first-order valence-corrected chi connectivity index (χ1v) is 7.13. The quantitative estimate of drug-likeness (QED) is 0.846. The van der Waals surface area contributed by atoms with Gasteiger partial charge in [0.2, 0.25) is 5.91 Å². The number of amides is 1. The monoisotopic (exact) mass is 271 g/mol. The maximum Gasteiger partial charge on any atom is 0.222 e. The van der Waals surface area contributed by atoms with E-state index in [0.29, 0.717) is 6.42 Å². The molecule has 1 saturated heterocycles. The van der Waals surface area contributed by atoms with Gasteiger partial charge in [-0.25, -0.2) is 0 Å². The molecule has 0 bridgehead atoms. The standard InChI is InChI=1S/C16H21N3O/c1-3-16(20)19-10-8-18(9-11-19)15(12-17)14-6-4-13(2)5-7-14/h4-7,15H,3,8-11H2,1-2H3. The van der Waals surface area contributed by atoms with Crippen molar-refractivity contribution in [2.45, 2.75) is 26.3 Å². The summed E-state index contributed by atoms with van der Waals surface area (Å²) in [5.74, 6) is 0.202. The molecular formula is C16H21N3O. The number of nitriles is 1. The first-order chi connectivity index (χ1) is 9.65. The van der Waals surface area contributed by atoms with Crippen LogP contribution in [0, 0.1) is 18.3 Å². The Hall–Kier alpha value is -1.86. The summed E-state index contributed by atoms with van der Waals surface area (Å²) in [4.78, 5) is 15.7. The molecule has 0 aliphatic carbocycles. The number of nitrogens with zero attached hydrogens (tertiary/aromatic N) is 3. The van der Waals surface area contributed by atoms with Gasteiger partial charge in [0.1, 0.15) is 6.04 Å². The fourth-order valence-electron chi connectivity index (χ4n) is 2.57. The molecule has 1 aliphatic rings. The summed E-state index contributed by atoms with van der Waals surface area (Å²) in [5, 5.41) is 9.45. The van der Waals surface area contributed by atoms with Crippen molar-refractivity contribution in [2.24, 2.45) is 0 Å². The summed E-state index contributed by atoms with van der Waals surface area (Å²) in [6, 6.07) is 10.3. The van der Waals surface area contributed by atoms with Crippen LogP contribution < -0.4 is 0 Å². The van der Waals surface area contributed by atoms with Gasteiger partial charge in [0.15, 0.2) is 0 Å². The second-order valence-electron chi connectivity index (χ2n) is 5.21. The Morgan fingerprint density at radius 1 is 1.25 bits per heavy atom. The van der Waals surface area contributed by atoms with Gasteiger partial charge in [-0.3, -0.25) is 9.69 Å². The summed E-state index contributed by atoms with van der Waals surface area (Å²) in [6.07, 6.45) is 0.555. The van der Waals surface area contributed by atoms with E-state index >= 15 is 0 Å². The van der Waals surface area contributed by atoms with E-state index in [-0.39, 0.29) is 11.9 Å². The van der Waals surface area contributed by atoms with Gasteiger partial charge in [0, 0.05) is 32.6 Å². The van der Waals surface area contributed by atoms with E-state index in [4.69, 9.17) is 0 Å². The lowest BCUT2D eigenvalue weighted by atomic mass is 10.0. The molecule has 1 fully saturated rings. The van der Waals surface area contributed by atoms with Crippen LogP contribution in [0.4, 0.5) is 0 Å². The minimum atomic E-state index is -0.213. The fourth-order valence-corrected chi connectivity index (χ4v) is 2.57. The zero-order valence-corrected chi connectivity index (χ0v) is 12.2. The molecule has 1 heterocycles. The van der Waals surface area contributed by atoms with Crippen molar-refractivity contribution >= 4 is 5.91 Å². The Morgan fingerprint density at radius 3 is 2.35 bits per heavy atom. The molecule has 4 nitrogen and oxygen atoms in total. The molecule has 1 amide bonds. The molecule has 106 valence electrons. The number of carbonyl (C=O) groups excluding carboxylic acids is 1. The summed E-state index contributed by atoms with van der Waals surface area (Å²) in [7, 11) is 0. The van der Waals surface area contributed by atoms with Crippen LogP contribution in [-0.2, 0) is 4.79 Å². The predicted octanol–water partition coefficient (Wildman–Crippen LogP) is 2.11. The first kappa shape index (κ1) is 14.5. The molecule has 20 heavy (non-hydrogen) atoms. The molecule has 1 atom stereocenters. The molecule has 0 radical (unpaired) electrons. The van der Waals surface area contributed by atoms with Gasteiger partial charge < -0.3 is 4.90 Å². The summed E-state index contributed by atoms with van der Waals surface area (Å²) in [6.45, 7) is 6.89. The SMILES string of the molecule is CCC(=O)N1CCN(C(C#N)c2ccc(C)cc2)CC1. The number of piperazine rings is 1. The largest absolute Gasteiger partial charge is 0.340 e. The van der Waals surface area contributed by atoms with Gasteiger partial charge in [-0.05, 0) is 12.5 Å². The smallest absolute Gasteiger partial charge is 0.222 e. The molecule has 1 unspecified atom stereocenters. The molecule has 4 heteroatoms. The number of carbonyl (C=O) groups is 1. The van der Waals surface area contributed by atoms with Crippen LogP contribution in [0.15, 0.2) is 24.3 Å². The summed E-state index contributed by atoms with van der Waals surface area (Å²) < 4.78 is 0. The summed E-state index contributed by atoms with van der Waals surface area (Å²) >= 11 is 0. The van der Waals surface area contributed by atoms with Gasteiger partial charge in [-0.1, -0.05) is 36.8 Å². The second-order valence-corrected chi connectivity index (χ2v) is 5.21. The molecule has 1 aromatic carbocycles. The third-order valence-corrected chi connectivity index (χ3v) is 3.85. The molecule has 1 aliphatic heterocycles. The molecule has 0 aromatic heterocycles. The molecule has 0 spiro atoms. The van der Waals surface area contributed by atoms with Gasteiger partial charge >= 0.3 is 0 Å². The minimum absolute atomic E-state index is 0.202. The topological polar surface area (TPSA) is 47.3 Å². The number of rotatable bonds is 3. The maximum absolute atomic E-state index is 11.7. The lowest BCUT2D eigenvalue weighted by Gasteiger charge is -2.37. The number of hydrogen-bond acceptors (Lipinski definition) is 3. The molecule has 1 aromatic rings. The highest BCUT2D eigenvalue weighted by molar-refractivity contribution is 5.75. The van der Waals surface area contributed by atoms with Crippen LogP contribution in [0.2, 0.25) is 0 Å². The van der Waals surface area contributed by atoms with Crippen LogP contribution in [-0.4, -0.2) is 41.9 Å². The number of hydrogen-bond donors (Lipinski definition) is 0. The second kappa shape index (κ2) is 6.53. The Bertz CT molecular complexity index is 495. The molecule has 2 rings (SSSR count). The molecule has 0 N–H and O–H groups in total. The Morgan fingerprint density at radius 2 is 1.85 bits per heavy atom. The van der Waals surface area contributed by atoms with Crippen LogP contribution in [0.1, 0.15) is 30.5 Å². The van der Waals surface area contributed by atoms with Gasteiger partial charge in [0.05, 0.1) is 6.07 Å². The van der Waals surface area contributed by atoms with Crippen LogP contribution in [0.3, 0.4) is 0 Å². The lowest BCUT2D eigenvalue weighted by Crippen LogP contribution is -2.49. The average Bonchev–Trinajstić information content (AvgIpc) is 2.50. The van der Waals surface area contributed by atoms with E-state index in [2.05, 4.69) is 11.0 Å². The zero-order valence-electron chi connectivity index (χ0n) is 12.2. The van der Waals surface area contributed by atoms with Gasteiger partial charge in [-0.2, -0.15) is 5.26 Å². The van der Waals surface area contributed by atoms with E-state index in [9.17, 15) is 10.1 Å². The van der Waals surface area contributed by atoms with Crippen molar-refractivity contribution in [3.8, 4) is 6.07 Å². The minimum Gasteiger partial charge on any atom is -0.340 e. The van der Waals surface area contributed by atoms with Crippen molar-refractivity contribution in [3.05, 3.63) is 35.4 Å². The summed E-state index contributed by atoms with van der Waals surface area (Å²) in [5.41, 5.74) is 2.23. The Kier molecular flexibility index (Phi) is 4.75. The highest BCUT2D eigenvalue weighted by Crippen LogP contribution is 2.22. The highest BCUT2D eigenvalue weighted by Gasteiger charge is 2.26. The Balaban J connectivity index is 2.02. The molecular weight excluding hydrogens is 250 g/mol. The van der Waals surface area contributed by atoms with Gasteiger partial charge in [0.25, 0.3) is 0 Å². The van der Waals surface area contributed by atoms with Crippen molar-refractivity contribution < 1.29 is 4.79 Å². The van der Waals surface area contributed by atoms with Crippen molar-refractivity contribution in [1.29, 1.82) is 5.26 Å².